The molecular formula is C13H19N3O3. The molecule has 0 spiro atoms. The number of hydrogen-bond acceptors (Lipinski definition) is 3. The molecule has 1 aromatic rings. The average molecular weight is 265 g/mol. The van der Waals surface area contributed by atoms with Gasteiger partial charge in [-0.1, -0.05) is 13.0 Å². The molecule has 0 aliphatic rings. The van der Waals surface area contributed by atoms with Crippen molar-refractivity contribution in [2.24, 2.45) is 5.92 Å². The smallest absolute Gasteiger partial charge is 0.315 e. The molecule has 1 rings (SSSR count). The Balaban J connectivity index is 2.25. The number of urea groups is 1. The lowest BCUT2D eigenvalue weighted by Crippen LogP contribution is -2.36. The second kappa shape index (κ2) is 7.35. The van der Waals surface area contributed by atoms with Crippen LogP contribution in [-0.4, -0.2) is 28.6 Å². The van der Waals surface area contributed by atoms with Crippen LogP contribution < -0.4 is 10.6 Å². The lowest BCUT2D eigenvalue weighted by Gasteiger charge is -2.10. The van der Waals surface area contributed by atoms with Gasteiger partial charge in [-0.25, -0.2) is 4.79 Å². The summed E-state index contributed by atoms with van der Waals surface area (Å²) < 4.78 is 0. The van der Waals surface area contributed by atoms with Gasteiger partial charge in [-0.3, -0.25) is 9.78 Å². The lowest BCUT2D eigenvalue weighted by molar-refractivity contribution is -0.141. The molecule has 19 heavy (non-hydrogen) atoms. The number of nitrogens with one attached hydrogen (secondary N) is 2. The maximum Gasteiger partial charge on any atom is 0.315 e. The Morgan fingerprint density at radius 1 is 1.42 bits per heavy atom. The number of carbonyl (C=O) groups is 2. The number of hydrogen-bond donors (Lipinski definition) is 3. The van der Waals surface area contributed by atoms with Gasteiger partial charge < -0.3 is 15.7 Å². The topological polar surface area (TPSA) is 91.3 Å². The molecule has 2 amide bonds. The molecule has 0 aliphatic carbocycles. The molecule has 0 saturated heterocycles. The third-order valence-corrected chi connectivity index (χ3v) is 2.82. The predicted octanol–water partition coefficient (Wildman–Crippen LogP) is 1.30. The van der Waals surface area contributed by atoms with E-state index in [1.54, 1.807) is 13.1 Å². The van der Waals surface area contributed by atoms with E-state index in [2.05, 4.69) is 15.6 Å². The molecule has 6 nitrogen and oxygen atoms in total. The van der Waals surface area contributed by atoms with E-state index in [0.29, 0.717) is 19.5 Å². The first kappa shape index (κ1) is 14.9. The number of amides is 2. The first-order valence-electron chi connectivity index (χ1n) is 6.15. The molecule has 0 radical (unpaired) electrons. The molecule has 3 N–H and O–H groups in total. The van der Waals surface area contributed by atoms with Crippen molar-refractivity contribution < 1.29 is 14.7 Å². The van der Waals surface area contributed by atoms with Crippen molar-refractivity contribution in [2.75, 3.05) is 6.54 Å². The van der Waals surface area contributed by atoms with Crippen molar-refractivity contribution in [1.29, 1.82) is 0 Å². The molecule has 0 bridgehead atoms. The van der Waals surface area contributed by atoms with E-state index < -0.39 is 11.9 Å². The molecule has 0 aliphatic heterocycles. The van der Waals surface area contributed by atoms with Crippen LogP contribution in [-0.2, 0) is 11.3 Å². The summed E-state index contributed by atoms with van der Waals surface area (Å²) in [5.74, 6) is -1.32. The number of rotatable bonds is 6. The molecule has 6 heteroatoms. The predicted molar refractivity (Wildman–Crippen MR) is 70.6 cm³/mol. The zero-order valence-electron chi connectivity index (χ0n) is 11.1. The van der Waals surface area contributed by atoms with Crippen LogP contribution in [0.2, 0.25) is 0 Å². The highest BCUT2D eigenvalue weighted by atomic mass is 16.4. The van der Waals surface area contributed by atoms with Gasteiger partial charge in [0.05, 0.1) is 18.2 Å². The molecule has 1 heterocycles. The molecule has 0 aromatic carbocycles. The summed E-state index contributed by atoms with van der Waals surface area (Å²) in [5, 5.41) is 14.0. The number of aryl methyl sites for hydroxylation is 1. The second-order valence-corrected chi connectivity index (χ2v) is 4.40. The van der Waals surface area contributed by atoms with E-state index in [9.17, 15) is 9.59 Å². The summed E-state index contributed by atoms with van der Waals surface area (Å²) in [5.41, 5.74) is 1.83. The minimum atomic E-state index is -0.855. The number of carboxylic acid groups (broad SMARTS) is 1. The van der Waals surface area contributed by atoms with Crippen LogP contribution in [0, 0.1) is 12.8 Å². The Morgan fingerprint density at radius 3 is 2.79 bits per heavy atom. The van der Waals surface area contributed by atoms with Crippen LogP contribution in [0.25, 0.3) is 0 Å². The Morgan fingerprint density at radius 2 is 2.16 bits per heavy atom. The summed E-state index contributed by atoms with van der Waals surface area (Å²) in [6.45, 7) is 4.23. The van der Waals surface area contributed by atoms with Crippen molar-refractivity contribution >= 4 is 12.0 Å². The maximum atomic E-state index is 11.5. The SMILES string of the molecule is Cc1cccnc1CNC(=O)NCCC(C)C(=O)O. The number of aliphatic carboxylic acids is 1. The van der Waals surface area contributed by atoms with Gasteiger partial charge in [0.1, 0.15) is 0 Å². The Bertz CT molecular complexity index is 449. The van der Waals surface area contributed by atoms with Crippen LogP contribution in [0.3, 0.4) is 0 Å². The largest absolute Gasteiger partial charge is 0.481 e. The van der Waals surface area contributed by atoms with E-state index in [1.165, 1.54) is 0 Å². The average Bonchev–Trinajstić information content (AvgIpc) is 2.37. The zero-order chi connectivity index (χ0) is 14.3. The van der Waals surface area contributed by atoms with Gasteiger partial charge in [0.15, 0.2) is 0 Å². The summed E-state index contributed by atoms with van der Waals surface area (Å²) in [6.07, 6.45) is 2.09. The maximum absolute atomic E-state index is 11.5. The molecule has 1 atom stereocenters. The zero-order valence-corrected chi connectivity index (χ0v) is 11.1. The number of carboxylic acids is 1. The van der Waals surface area contributed by atoms with E-state index >= 15 is 0 Å². The van der Waals surface area contributed by atoms with E-state index in [-0.39, 0.29) is 6.03 Å². The normalized spacial score (nSPS) is 11.7. The highest BCUT2D eigenvalue weighted by Crippen LogP contribution is 2.02. The fourth-order valence-corrected chi connectivity index (χ4v) is 1.46. The first-order chi connectivity index (χ1) is 9.00. The van der Waals surface area contributed by atoms with Crippen LogP contribution in [0.5, 0.6) is 0 Å². The van der Waals surface area contributed by atoms with Gasteiger partial charge in [-0.2, -0.15) is 0 Å². The summed E-state index contributed by atoms with van der Waals surface area (Å²) in [7, 11) is 0. The van der Waals surface area contributed by atoms with Crippen molar-refractivity contribution in [1.82, 2.24) is 15.6 Å². The minimum Gasteiger partial charge on any atom is -0.481 e. The number of aromatic nitrogens is 1. The highest BCUT2D eigenvalue weighted by molar-refractivity contribution is 5.74. The van der Waals surface area contributed by atoms with Crippen molar-refractivity contribution in [3.05, 3.63) is 29.6 Å². The fourth-order valence-electron chi connectivity index (χ4n) is 1.46. The van der Waals surface area contributed by atoms with Crippen LogP contribution in [0.1, 0.15) is 24.6 Å². The standard InChI is InChI=1S/C13H19N3O3/c1-9-4-3-6-14-11(9)8-16-13(19)15-7-5-10(2)12(17)18/h3-4,6,10H,5,7-8H2,1-2H3,(H,17,18)(H2,15,16,19). The lowest BCUT2D eigenvalue weighted by atomic mass is 10.1. The third-order valence-electron chi connectivity index (χ3n) is 2.82. The van der Waals surface area contributed by atoms with E-state index in [0.717, 1.165) is 11.3 Å². The molecule has 104 valence electrons. The van der Waals surface area contributed by atoms with Crippen molar-refractivity contribution in [3.63, 3.8) is 0 Å². The number of nitrogens with zero attached hydrogens (tertiary/aromatic N) is 1. The van der Waals surface area contributed by atoms with Gasteiger partial charge in [-0.05, 0) is 25.0 Å². The summed E-state index contributed by atoms with van der Waals surface area (Å²) in [4.78, 5) is 26.2. The van der Waals surface area contributed by atoms with Gasteiger partial charge in [0, 0.05) is 12.7 Å². The molecule has 0 fully saturated rings. The van der Waals surface area contributed by atoms with Gasteiger partial charge in [0.2, 0.25) is 0 Å². The van der Waals surface area contributed by atoms with E-state index in [4.69, 9.17) is 5.11 Å². The van der Waals surface area contributed by atoms with Gasteiger partial charge >= 0.3 is 12.0 Å². The van der Waals surface area contributed by atoms with Crippen molar-refractivity contribution in [2.45, 2.75) is 26.8 Å². The van der Waals surface area contributed by atoms with Crippen molar-refractivity contribution in [3.8, 4) is 0 Å². The quantitative estimate of drug-likeness (QED) is 0.723. The monoisotopic (exact) mass is 265 g/mol. The molecule has 0 saturated carbocycles. The van der Waals surface area contributed by atoms with Crippen LogP contribution >= 0.6 is 0 Å². The minimum absolute atomic E-state index is 0.317. The highest BCUT2D eigenvalue weighted by Gasteiger charge is 2.10. The Hall–Kier alpha value is -2.11. The van der Waals surface area contributed by atoms with Crippen LogP contribution in [0.4, 0.5) is 4.79 Å². The fraction of sp³-hybridized carbons (Fsp3) is 0.462. The third kappa shape index (κ3) is 5.37. The second-order valence-electron chi connectivity index (χ2n) is 4.40. The van der Waals surface area contributed by atoms with E-state index in [1.807, 2.05) is 19.1 Å². The molecular weight excluding hydrogens is 246 g/mol. The summed E-state index contributed by atoms with van der Waals surface area (Å²) >= 11 is 0. The summed E-state index contributed by atoms with van der Waals surface area (Å²) in [6, 6.07) is 3.45. The number of pyridine rings is 1. The first-order valence-corrected chi connectivity index (χ1v) is 6.15. The van der Waals surface area contributed by atoms with Crippen LogP contribution in [0.15, 0.2) is 18.3 Å². The molecule has 1 unspecified atom stereocenters. The number of carbonyl (C=O) groups excluding carboxylic acids is 1. The Labute approximate surface area is 112 Å². The molecule has 1 aromatic heterocycles. The Kier molecular flexibility index (Phi) is 5.78. The van der Waals surface area contributed by atoms with Gasteiger partial charge in [-0.15, -0.1) is 0 Å². The van der Waals surface area contributed by atoms with Gasteiger partial charge in [0.25, 0.3) is 0 Å².